The van der Waals surface area contributed by atoms with Crippen molar-refractivity contribution in [1.82, 2.24) is 25.0 Å². The summed E-state index contributed by atoms with van der Waals surface area (Å²) in [4.78, 5) is 8.33. The molecule has 2 aromatic heterocycles. The minimum Gasteiger partial charge on any atom is -0.332 e. The van der Waals surface area contributed by atoms with E-state index in [1.807, 2.05) is 48.7 Å². The molecule has 0 aliphatic carbocycles. The van der Waals surface area contributed by atoms with Crippen LogP contribution in [-0.4, -0.2) is 25.0 Å². The Bertz CT molecular complexity index is 1260. The number of hydrogen-bond acceptors (Lipinski definition) is 4. The third-order valence-electron chi connectivity index (χ3n) is 5.02. The molecule has 0 bridgehead atoms. The fourth-order valence-electron chi connectivity index (χ4n) is 3.46. The number of aromatic nitrogens is 5. The first-order valence-corrected chi connectivity index (χ1v) is 11.2. The first-order chi connectivity index (χ1) is 15.8. The Morgan fingerprint density at radius 3 is 2.28 bits per heavy atom. The molecule has 2 heterocycles. The number of benzene rings is 3. The molecule has 3 aromatic carbocycles. The van der Waals surface area contributed by atoms with Crippen molar-refractivity contribution in [1.29, 1.82) is 0 Å². The third kappa shape index (κ3) is 4.48. The molecule has 0 aliphatic heterocycles. The first-order valence-electron chi connectivity index (χ1n) is 10.2. The Morgan fingerprint density at radius 1 is 0.844 bits per heavy atom. The predicted octanol–water partition coefficient (Wildman–Crippen LogP) is 5.81. The second-order valence-electron chi connectivity index (χ2n) is 7.29. The fourth-order valence-corrected chi connectivity index (χ4v) is 4.21. The van der Waals surface area contributed by atoms with Crippen LogP contribution in [-0.2, 0) is 12.3 Å². The van der Waals surface area contributed by atoms with Gasteiger partial charge in [0.2, 0.25) is 0 Å². The van der Waals surface area contributed by atoms with Crippen molar-refractivity contribution in [2.75, 3.05) is 0 Å². The maximum atomic E-state index is 13.9. The fraction of sp³-hybridized carbons (Fsp3) is 0.0800. The van der Waals surface area contributed by atoms with E-state index in [4.69, 9.17) is 4.98 Å². The van der Waals surface area contributed by atoms with E-state index in [1.54, 1.807) is 28.6 Å². The van der Waals surface area contributed by atoms with Crippen molar-refractivity contribution in [3.8, 4) is 22.5 Å². The molecule has 5 aromatic rings. The summed E-state index contributed by atoms with van der Waals surface area (Å²) in [6.45, 7) is 0.349. The van der Waals surface area contributed by atoms with Gasteiger partial charge in [0.1, 0.15) is 5.82 Å². The van der Waals surface area contributed by atoms with Crippen LogP contribution < -0.4 is 0 Å². The van der Waals surface area contributed by atoms with E-state index in [1.165, 1.54) is 6.07 Å². The molecule has 0 unspecified atom stereocenters. The Balaban J connectivity index is 1.35. The molecule has 0 fully saturated rings. The Hall–Kier alpha value is -3.71. The van der Waals surface area contributed by atoms with Crippen LogP contribution in [0.25, 0.3) is 22.5 Å². The summed E-state index contributed by atoms with van der Waals surface area (Å²) >= 11 is 1.56. The lowest BCUT2D eigenvalue weighted by Crippen LogP contribution is -2.02. The second-order valence-corrected chi connectivity index (χ2v) is 8.25. The zero-order chi connectivity index (χ0) is 21.8. The highest BCUT2D eigenvalue weighted by molar-refractivity contribution is 7.98. The summed E-state index contributed by atoms with van der Waals surface area (Å²) in [6.07, 6.45) is 1.85. The zero-order valence-electron chi connectivity index (χ0n) is 17.1. The second kappa shape index (κ2) is 9.20. The number of hydrogen-bond donors (Lipinski definition) is 1. The summed E-state index contributed by atoms with van der Waals surface area (Å²) in [5.41, 5.74) is 5.45. The van der Waals surface area contributed by atoms with Gasteiger partial charge in [-0.1, -0.05) is 95.8 Å². The average molecular weight is 442 g/mol. The monoisotopic (exact) mass is 441 g/mol. The van der Waals surface area contributed by atoms with Crippen molar-refractivity contribution < 1.29 is 4.39 Å². The lowest BCUT2D eigenvalue weighted by molar-refractivity contribution is 0.577. The summed E-state index contributed by atoms with van der Waals surface area (Å²) < 4.78 is 15.5. The number of H-pyrrole nitrogens is 1. The van der Waals surface area contributed by atoms with Crippen molar-refractivity contribution in [2.24, 2.45) is 0 Å². The van der Waals surface area contributed by atoms with E-state index in [0.29, 0.717) is 17.9 Å². The van der Waals surface area contributed by atoms with Gasteiger partial charge in [-0.25, -0.2) is 14.1 Å². The molecular formula is C25H20FN5S. The smallest absolute Gasteiger partial charge is 0.166 e. The van der Waals surface area contributed by atoms with E-state index >= 15 is 0 Å². The van der Waals surface area contributed by atoms with Gasteiger partial charge in [0.05, 0.1) is 23.6 Å². The zero-order valence-corrected chi connectivity index (χ0v) is 18.0. The highest BCUT2D eigenvalue weighted by Gasteiger charge is 2.15. The van der Waals surface area contributed by atoms with Gasteiger partial charge in [0.25, 0.3) is 0 Å². The van der Waals surface area contributed by atoms with Crippen LogP contribution in [0.4, 0.5) is 4.39 Å². The van der Waals surface area contributed by atoms with E-state index in [2.05, 4.69) is 39.6 Å². The molecule has 0 saturated carbocycles. The number of rotatable bonds is 7. The molecule has 0 radical (unpaired) electrons. The van der Waals surface area contributed by atoms with Crippen LogP contribution in [0.5, 0.6) is 0 Å². The van der Waals surface area contributed by atoms with E-state index in [0.717, 1.165) is 33.4 Å². The average Bonchev–Trinajstić information content (AvgIpc) is 3.47. The first kappa shape index (κ1) is 20.2. The molecule has 0 atom stereocenters. The van der Waals surface area contributed by atoms with Gasteiger partial charge in [-0.2, -0.15) is 0 Å². The predicted molar refractivity (Wildman–Crippen MR) is 125 cm³/mol. The Morgan fingerprint density at radius 2 is 1.53 bits per heavy atom. The topological polar surface area (TPSA) is 59.4 Å². The third-order valence-corrected chi connectivity index (χ3v) is 5.93. The van der Waals surface area contributed by atoms with Crippen molar-refractivity contribution in [3.63, 3.8) is 0 Å². The Kier molecular flexibility index (Phi) is 5.81. The molecule has 0 saturated heterocycles. The molecule has 7 heteroatoms. The number of imidazole rings is 1. The van der Waals surface area contributed by atoms with Crippen LogP contribution in [0.2, 0.25) is 0 Å². The lowest BCUT2D eigenvalue weighted by Gasteiger charge is -2.02. The largest absolute Gasteiger partial charge is 0.332 e. The number of halogens is 1. The molecule has 0 amide bonds. The molecule has 0 aliphatic rings. The van der Waals surface area contributed by atoms with Crippen LogP contribution in [0.3, 0.4) is 0 Å². The van der Waals surface area contributed by atoms with Gasteiger partial charge in [-0.05, 0) is 6.07 Å². The number of nitrogens with zero attached hydrogens (tertiary/aromatic N) is 4. The van der Waals surface area contributed by atoms with Crippen molar-refractivity contribution in [3.05, 3.63) is 108 Å². The summed E-state index contributed by atoms with van der Waals surface area (Å²) in [6, 6.07) is 27.0. The molecular weight excluding hydrogens is 421 g/mol. The van der Waals surface area contributed by atoms with Gasteiger partial charge in [0.15, 0.2) is 5.16 Å². The van der Waals surface area contributed by atoms with E-state index in [9.17, 15) is 4.39 Å². The maximum Gasteiger partial charge on any atom is 0.166 e. The maximum absolute atomic E-state index is 13.9. The van der Waals surface area contributed by atoms with E-state index in [-0.39, 0.29) is 5.82 Å². The van der Waals surface area contributed by atoms with Crippen molar-refractivity contribution >= 4 is 11.8 Å². The number of aromatic amines is 1. The standard InChI is InChI=1S/C25H20FN5S/c26-22-14-8-7-13-20(22)15-31-16-21(29-30-31)17-32-25-27-23(18-9-3-1-4-10-18)24(28-25)19-11-5-2-6-12-19/h1-14,16H,15,17H2,(H,27,28). The van der Waals surface area contributed by atoms with Gasteiger partial charge in [-0.15, -0.1) is 5.10 Å². The highest BCUT2D eigenvalue weighted by Crippen LogP contribution is 2.33. The molecule has 5 nitrogen and oxygen atoms in total. The van der Waals surface area contributed by atoms with Crippen molar-refractivity contribution in [2.45, 2.75) is 17.5 Å². The van der Waals surface area contributed by atoms with Crippen LogP contribution in [0.15, 0.2) is 96.3 Å². The minimum atomic E-state index is -0.239. The van der Waals surface area contributed by atoms with Gasteiger partial charge in [0, 0.05) is 28.6 Å². The highest BCUT2D eigenvalue weighted by atomic mass is 32.2. The van der Waals surface area contributed by atoms with E-state index < -0.39 is 0 Å². The normalized spacial score (nSPS) is 11.0. The summed E-state index contributed by atoms with van der Waals surface area (Å²) in [7, 11) is 0. The number of thioether (sulfide) groups is 1. The molecule has 158 valence electrons. The van der Waals surface area contributed by atoms with Gasteiger partial charge in [-0.3, -0.25) is 0 Å². The molecule has 0 spiro atoms. The Labute approximate surface area is 189 Å². The van der Waals surface area contributed by atoms with Crippen LogP contribution >= 0.6 is 11.8 Å². The van der Waals surface area contributed by atoms with Gasteiger partial charge >= 0.3 is 0 Å². The molecule has 32 heavy (non-hydrogen) atoms. The molecule has 1 N–H and O–H groups in total. The quantitative estimate of drug-likeness (QED) is 0.324. The van der Waals surface area contributed by atoms with Crippen LogP contribution in [0, 0.1) is 5.82 Å². The van der Waals surface area contributed by atoms with Crippen LogP contribution in [0.1, 0.15) is 11.3 Å². The minimum absolute atomic E-state index is 0.239. The SMILES string of the molecule is Fc1ccccc1Cn1cc(CSc2nc(-c3ccccc3)c(-c3ccccc3)[nH]2)nn1. The summed E-state index contributed by atoms with van der Waals surface area (Å²) in [5.74, 6) is 0.365. The lowest BCUT2D eigenvalue weighted by atomic mass is 10.1. The van der Waals surface area contributed by atoms with Gasteiger partial charge < -0.3 is 4.98 Å². The number of nitrogens with one attached hydrogen (secondary N) is 1. The molecule has 5 rings (SSSR count). The summed E-state index contributed by atoms with van der Waals surface area (Å²) in [5, 5.41) is 9.18.